The summed E-state index contributed by atoms with van der Waals surface area (Å²) in [7, 11) is 0. The molecule has 0 radical (unpaired) electrons. The SMILES string of the molecule is O=C1CN(c2ccc(I)cc2Cl)CC(=O)N1. The summed E-state index contributed by atoms with van der Waals surface area (Å²) in [4.78, 5) is 24.1. The van der Waals surface area contributed by atoms with Gasteiger partial charge in [0.15, 0.2) is 0 Å². The minimum absolute atomic E-state index is 0.159. The number of nitrogens with zero attached hydrogens (tertiary/aromatic N) is 1. The molecule has 0 aromatic heterocycles. The van der Waals surface area contributed by atoms with Crippen LogP contribution in [0.15, 0.2) is 18.2 Å². The zero-order valence-corrected chi connectivity index (χ0v) is 11.1. The molecule has 6 heteroatoms. The molecule has 0 bridgehead atoms. The summed E-state index contributed by atoms with van der Waals surface area (Å²) >= 11 is 8.22. The lowest BCUT2D eigenvalue weighted by Gasteiger charge is -2.28. The van der Waals surface area contributed by atoms with Crippen molar-refractivity contribution in [2.45, 2.75) is 0 Å². The Morgan fingerprint density at radius 1 is 1.25 bits per heavy atom. The van der Waals surface area contributed by atoms with Gasteiger partial charge in [-0.2, -0.15) is 0 Å². The van der Waals surface area contributed by atoms with E-state index in [0.29, 0.717) is 10.7 Å². The molecule has 2 amide bonds. The molecule has 1 saturated heterocycles. The molecule has 0 saturated carbocycles. The van der Waals surface area contributed by atoms with Crippen LogP contribution in [0.4, 0.5) is 5.69 Å². The van der Waals surface area contributed by atoms with E-state index >= 15 is 0 Å². The van der Waals surface area contributed by atoms with Crippen molar-refractivity contribution < 1.29 is 9.59 Å². The largest absolute Gasteiger partial charge is 0.352 e. The Morgan fingerprint density at radius 3 is 2.44 bits per heavy atom. The smallest absolute Gasteiger partial charge is 0.246 e. The minimum atomic E-state index is -0.300. The Hall–Kier alpha value is -0.820. The number of imide groups is 1. The molecule has 84 valence electrons. The van der Waals surface area contributed by atoms with E-state index in [2.05, 4.69) is 27.9 Å². The van der Waals surface area contributed by atoms with Crippen LogP contribution >= 0.6 is 34.2 Å². The molecule has 0 spiro atoms. The average Bonchev–Trinajstić information content (AvgIpc) is 2.15. The first-order valence-corrected chi connectivity index (χ1v) is 6.04. The first-order chi connectivity index (χ1) is 7.56. The number of rotatable bonds is 1. The highest BCUT2D eigenvalue weighted by molar-refractivity contribution is 14.1. The Labute approximate surface area is 111 Å². The topological polar surface area (TPSA) is 49.4 Å². The Kier molecular flexibility index (Phi) is 3.34. The number of hydrogen-bond donors (Lipinski definition) is 1. The Bertz CT molecular complexity index is 448. The van der Waals surface area contributed by atoms with E-state index in [-0.39, 0.29) is 24.9 Å². The van der Waals surface area contributed by atoms with E-state index < -0.39 is 0 Å². The molecule has 1 fully saturated rings. The van der Waals surface area contributed by atoms with Gasteiger partial charge in [-0.3, -0.25) is 14.9 Å². The number of halogens is 2. The lowest BCUT2D eigenvalue weighted by molar-refractivity contribution is -0.130. The van der Waals surface area contributed by atoms with Gasteiger partial charge in [-0.1, -0.05) is 11.6 Å². The van der Waals surface area contributed by atoms with Gasteiger partial charge >= 0.3 is 0 Å². The molecule has 1 heterocycles. The zero-order chi connectivity index (χ0) is 11.7. The van der Waals surface area contributed by atoms with E-state index in [1.165, 1.54) is 0 Å². The quantitative estimate of drug-likeness (QED) is 0.615. The lowest BCUT2D eigenvalue weighted by atomic mass is 10.2. The van der Waals surface area contributed by atoms with Crippen molar-refractivity contribution in [2.24, 2.45) is 0 Å². The molecular formula is C10H8ClIN2O2. The van der Waals surface area contributed by atoms with Crippen LogP contribution in [0.25, 0.3) is 0 Å². The third kappa shape index (κ3) is 2.46. The average molecular weight is 351 g/mol. The molecular weight excluding hydrogens is 342 g/mol. The Balaban J connectivity index is 2.29. The molecule has 0 atom stereocenters. The highest BCUT2D eigenvalue weighted by atomic mass is 127. The summed E-state index contributed by atoms with van der Waals surface area (Å²) in [5.41, 5.74) is 0.713. The van der Waals surface area contributed by atoms with Crippen LogP contribution in [-0.4, -0.2) is 24.9 Å². The maximum Gasteiger partial charge on any atom is 0.246 e. The second-order valence-corrected chi connectivity index (χ2v) is 5.08. The van der Waals surface area contributed by atoms with Gasteiger partial charge in [0.05, 0.1) is 23.8 Å². The molecule has 1 aliphatic heterocycles. The summed E-state index contributed by atoms with van der Waals surface area (Å²) in [5.74, 6) is -0.600. The molecule has 0 aliphatic carbocycles. The van der Waals surface area contributed by atoms with Gasteiger partial charge in [0.25, 0.3) is 0 Å². The maximum atomic E-state index is 11.2. The van der Waals surface area contributed by atoms with Gasteiger partial charge in [-0.05, 0) is 40.8 Å². The van der Waals surface area contributed by atoms with Gasteiger partial charge in [0.2, 0.25) is 11.8 Å². The van der Waals surface area contributed by atoms with E-state index in [9.17, 15) is 9.59 Å². The summed E-state index contributed by atoms with van der Waals surface area (Å²) in [6, 6.07) is 5.50. The van der Waals surface area contributed by atoms with Crippen molar-refractivity contribution in [1.29, 1.82) is 0 Å². The summed E-state index contributed by atoms with van der Waals surface area (Å²) in [5, 5.41) is 2.80. The molecule has 0 unspecified atom stereocenters. The fraction of sp³-hybridized carbons (Fsp3) is 0.200. The standard InChI is InChI=1S/C10H8ClIN2O2/c11-7-3-6(12)1-2-8(7)14-4-9(15)13-10(16)5-14/h1-3H,4-5H2,(H,13,15,16). The highest BCUT2D eigenvalue weighted by Crippen LogP contribution is 2.27. The van der Waals surface area contributed by atoms with Crippen LogP contribution in [0.2, 0.25) is 5.02 Å². The number of benzene rings is 1. The third-order valence-corrected chi connectivity index (χ3v) is 3.17. The predicted octanol–water partition coefficient (Wildman–Crippen LogP) is 1.41. The van der Waals surface area contributed by atoms with Gasteiger partial charge in [-0.25, -0.2) is 0 Å². The number of anilines is 1. The number of carbonyl (C=O) groups excluding carboxylic acids is 2. The van der Waals surface area contributed by atoms with Crippen molar-refractivity contribution in [2.75, 3.05) is 18.0 Å². The first kappa shape index (κ1) is 11.7. The molecule has 2 rings (SSSR count). The molecule has 1 N–H and O–H groups in total. The molecule has 16 heavy (non-hydrogen) atoms. The van der Waals surface area contributed by atoms with Gasteiger partial charge in [-0.15, -0.1) is 0 Å². The summed E-state index contributed by atoms with van der Waals surface area (Å²) < 4.78 is 1.01. The summed E-state index contributed by atoms with van der Waals surface area (Å²) in [6.45, 7) is 0.318. The predicted molar refractivity (Wildman–Crippen MR) is 69.5 cm³/mol. The number of piperazine rings is 1. The van der Waals surface area contributed by atoms with Gasteiger partial charge in [0.1, 0.15) is 0 Å². The zero-order valence-electron chi connectivity index (χ0n) is 8.17. The number of hydrogen-bond acceptors (Lipinski definition) is 3. The van der Waals surface area contributed by atoms with E-state index in [1.807, 2.05) is 12.1 Å². The van der Waals surface area contributed by atoms with Crippen LogP contribution < -0.4 is 10.2 Å². The fourth-order valence-corrected chi connectivity index (χ4v) is 2.52. The van der Waals surface area contributed by atoms with Crippen LogP contribution in [-0.2, 0) is 9.59 Å². The van der Waals surface area contributed by atoms with E-state index in [1.54, 1.807) is 11.0 Å². The molecule has 4 nitrogen and oxygen atoms in total. The molecule has 1 aromatic carbocycles. The second-order valence-electron chi connectivity index (χ2n) is 3.42. The molecule has 1 aromatic rings. The van der Waals surface area contributed by atoms with E-state index in [4.69, 9.17) is 11.6 Å². The van der Waals surface area contributed by atoms with Gasteiger partial charge in [0, 0.05) is 3.57 Å². The van der Waals surface area contributed by atoms with Crippen molar-refractivity contribution in [3.05, 3.63) is 26.8 Å². The van der Waals surface area contributed by atoms with E-state index in [0.717, 1.165) is 3.57 Å². The summed E-state index contributed by atoms with van der Waals surface area (Å²) in [6.07, 6.45) is 0. The van der Waals surface area contributed by atoms with Crippen LogP contribution in [0.3, 0.4) is 0 Å². The molecule has 1 aliphatic rings. The fourth-order valence-electron chi connectivity index (χ4n) is 1.55. The normalized spacial score (nSPS) is 16.2. The van der Waals surface area contributed by atoms with Crippen molar-refractivity contribution in [3.8, 4) is 0 Å². The Morgan fingerprint density at radius 2 is 1.88 bits per heavy atom. The second kappa shape index (κ2) is 4.58. The minimum Gasteiger partial charge on any atom is -0.352 e. The monoisotopic (exact) mass is 350 g/mol. The van der Waals surface area contributed by atoms with Crippen molar-refractivity contribution in [1.82, 2.24) is 5.32 Å². The van der Waals surface area contributed by atoms with Gasteiger partial charge < -0.3 is 4.90 Å². The number of amides is 2. The highest BCUT2D eigenvalue weighted by Gasteiger charge is 2.23. The number of carbonyl (C=O) groups is 2. The maximum absolute atomic E-state index is 11.2. The number of nitrogens with one attached hydrogen (secondary N) is 1. The third-order valence-electron chi connectivity index (χ3n) is 2.20. The van der Waals surface area contributed by atoms with Crippen LogP contribution in [0, 0.1) is 3.57 Å². The van der Waals surface area contributed by atoms with Crippen molar-refractivity contribution >= 4 is 51.7 Å². The van der Waals surface area contributed by atoms with Crippen LogP contribution in [0.5, 0.6) is 0 Å². The first-order valence-electron chi connectivity index (χ1n) is 4.59. The van der Waals surface area contributed by atoms with Crippen molar-refractivity contribution in [3.63, 3.8) is 0 Å². The van der Waals surface area contributed by atoms with Crippen LogP contribution in [0.1, 0.15) is 0 Å². The lowest BCUT2D eigenvalue weighted by Crippen LogP contribution is -2.51.